The molecule has 3 N–H and O–H groups in total. The standard InChI is InChI=1S/C32H40F3N3O6S/c1-21-15-23(17-25(16-21)32(33,34)35)22(2)42-19-31(24-7-5-4-6-8-24)13-12-30(11-9-27(39)37-30)18-38(31)29(41)44-20-43-28(40)26(36)10-14-45-3/h4-8,15-17,22,26H,9-14,18-20,36H2,1-3H3,(H,37,39)/t22-,26?,30-,31-/m1/s1. The van der Waals surface area contributed by atoms with E-state index in [0.29, 0.717) is 49.0 Å². The number of rotatable bonds is 11. The van der Waals surface area contributed by atoms with Gasteiger partial charge in [-0.3, -0.25) is 14.5 Å². The van der Waals surface area contributed by atoms with Gasteiger partial charge in [-0.1, -0.05) is 42.0 Å². The maximum absolute atomic E-state index is 13.8. The summed E-state index contributed by atoms with van der Waals surface area (Å²) in [5, 5.41) is 3.03. The normalized spacial score (nSPS) is 23.0. The Labute approximate surface area is 265 Å². The number of aryl methyl sites for hydroxylation is 1. The van der Waals surface area contributed by atoms with Crippen molar-refractivity contribution in [3.05, 3.63) is 70.8 Å². The second-order valence-electron chi connectivity index (χ2n) is 11.8. The third-order valence-electron chi connectivity index (χ3n) is 8.55. The van der Waals surface area contributed by atoms with Gasteiger partial charge < -0.3 is 25.3 Å². The molecule has 1 unspecified atom stereocenters. The van der Waals surface area contributed by atoms with Crippen LogP contribution in [0, 0.1) is 6.92 Å². The van der Waals surface area contributed by atoms with Gasteiger partial charge in [0.15, 0.2) is 0 Å². The van der Waals surface area contributed by atoms with Gasteiger partial charge in [0.2, 0.25) is 12.7 Å². The zero-order valence-corrected chi connectivity index (χ0v) is 26.5. The van der Waals surface area contributed by atoms with E-state index in [0.717, 1.165) is 17.7 Å². The van der Waals surface area contributed by atoms with Gasteiger partial charge >= 0.3 is 18.2 Å². The van der Waals surface area contributed by atoms with E-state index >= 15 is 0 Å². The third kappa shape index (κ3) is 8.30. The number of amides is 2. The highest BCUT2D eigenvalue weighted by atomic mass is 32.2. The molecular weight excluding hydrogens is 611 g/mol. The summed E-state index contributed by atoms with van der Waals surface area (Å²) in [4.78, 5) is 39.9. The van der Waals surface area contributed by atoms with Crippen LogP contribution in [0.5, 0.6) is 0 Å². The summed E-state index contributed by atoms with van der Waals surface area (Å²) in [6.45, 7) is 2.61. The smallest absolute Gasteiger partial charge is 0.416 e. The Kier molecular flexibility index (Phi) is 11.1. The fourth-order valence-electron chi connectivity index (χ4n) is 5.97. The van der Waals surface area contributed by atoms with Gasteiger partial charge in [0.1, 0.15) is 6.04 Å². The zero-order chi connectivity index (χ0) is 32.8. The number of alkyl halides is 3. The highest BCUT2D eigenvalue weighted by Gasteiger charge is 2.54. The molecule has 0 aliphatic carbocycles. The van der Waals surface area contributed by atoms with Crippen molar-refractivity contribution in [1.82, 2.24) is 10.2 Å². The second-order valence-corrected chi connectivity index (χ2v) is 12.8. The van der Waals surface area contributed by atoms with E-state index in [9.17, 15) is 27.6 Å². The molecule has 0 bridgehead atoms. The SMILES string of the molecule is CSCCC(N)C(=O)OCOC(=O)N1C[C@@]2(CCC(=O)N2)CC[C@@]1(CO[C@H](C)c1cc(C)cc(C(F)(F)F)c1)c1ccccc1. The predicted molar refractivity (Wildman–Crippen MR) is 163 cm³/mol. The quantitative estimate of drug-likeness (QED) is 0.243. The first-order valence-electron chi connectivity index (χ1n) is 14.8. The van der Waals surface area contributed by atoms with Crippen LogP contribution >= 0.6 is 11.8 Å². The second kappa shape index (κ2) is 14.4. The molecule has 4 rings (SSSR count). The highest BCUT2D eigenvalue weighted by Crippen LogP contribution is 2.45. The minimum atomic E-state index is -4.52. The molecule has 2 saturated heterocycles. The van der Waals surface area contributed by atoms with Crippen molar-refractivity contribution in [3.63, 3.8) is 0 Å². The summed E-state index contributed by atoms with van der Waals surface area (Å²) < 4.78 is 57.6. The number of esters is 1. The molecule has 2 aliphatic rings. The molecule has 9 nitrogen and oxygen atoms in total. The molecule has 4 atom stereocenters. The summed E-state index contributed by atoms with van der Waals surface area (Å²) in [6.07, 6.45) is -2.06. The van der Waals surface area contributed by atoms with Gasteiger partial charge in [-0.25, -0.2) is 4.79 Å². The number of hydrogen-bond acceptors (Lipinski definition) is 8. The van der Waals surface area contributed by atoms with Crippen molar-refractivity contribution < 1.29 is 41.8 Å². The first kappa shape index (κ1) is 34.6. The largest absolute Gasteiger partial charge is 0.427 e. The van der Waals surface area contributed by atoms with Crippen molar-refractivity contribution in [2.75, 3.05) is 32.0 Å². The minimum Gasteiger partial charge on any atom is -0.427 e. The molecule has 2 aliphatic heterocycles. The maximum atomic E-state index is 13.8. The van der Waals surface area contributed by atoms with E-state index < -0.39 is 53.8 Å². The maximum Gasteiger partial charge on any atom is 0.416 e. The molecule has 2 heterocycles. The lowest BCUT2D eigenvalue weighted by Crippen LogP contribution is -2.65. The predicted octanol–water partition coefficient (Wildman–Crippen LogP) is 5.45. The Morgan fingerprint density at radius 3 is 2.49 bits per heavy atom. The molecule has 1 spiro atoms. The Hall–Kier alpha value is -3.29. The summed E-state index contributed by atoms with van der Waals surface area (Å²) in [6, 6.07) is 12.1. The Balaban J connectivity index is 1.61. The molecule has 246 valence electrons. The molecule has 2 aromatic rings. The number of halogens is 3. The molecule has 0 aromatic heterocycles. The molecule has 2 fully saturated rings. The van der Waals surface area contributed by atoms with Crippen LogP contribution in [0.15, 0.2) is 48.5 Å². The number of hydrogen-bond donors (Lipinski definition) is 2. The van der Waals surface area contributed by atoms with Crippen LogP contribution in [0.3, 0.4) is 0 Å². The number of nitrogens with zero attached hydrogens (tertiary/aromatic N) is 1. The van der Waals surface area contributed by atoms with Gasteiger partial charge in [0.05, 0.1) is 29.4 Å². The number of nitrogens with one attached hydrogen (secondary N) is 1. The van der Waals surface area contributed by atoms with Gasteiger partial charge in [-0.2, -0.15) is 24.9 Å². The van der Waals surface area contributed by atoms with E-state index in [4.69, 9.17) is 19.9 Å². The molecule has 0 radical (unpaired) electrons. The lowest BCUT2D eigenvalue weighted by atomic mass is 9.74. The number of piperidine rings is 1. The Morgan fingerprint density at radius 1 is 1.11 bits per heavy atom. The van der Waals surface area contributed by atoms with Crippen LogP contribution < -0.4 is 11.1 Å². The molecule has 13 heteroatoms. The van der Waals surface area contributed by atoms with E-state index in [1.807, 2.05) is 36.6 Å². The molecule has 2 aromatic carbocycles. The average Bonchev–Trinajstić information content (AvgIpc) is 3.38. The lowest BCUT2D eigenvalue weighted by molar-refractivity contribution is -0.155. The molecule has 0 saturated carbocycles. The monoisotopic (exact) mass is 651 g/mol. The summed E-state index contributed by atoms with van der Waals surface area (Å²) in [5.41, 5.74) is 4.83. The number of carbonyl (C=O) groups excluding carboxylic acids is 3. The van der Waals surface area contributed by atoms with E-state index in [1.54, 1.807) is 19.9 Å². The number of nitrogens with two attached hydrogens (primary N) is 1. The first-order chi connectivity index (χ1) is 21.3. The molecule has 45 heavy (non-hydrogen) atoms. The Morgan fingerprint density at radius 2 is 1.84 bits per heavy atom. The molecule has 2 amide bonds. The summed E-state index contributed by atoms with van der Waals surface area (Å²) in [7, 11) is 0. The highest BCUT2D eigenvalue weighted by molar-refractivity contribution is 7.98. The van der Waals surface area contributed by atoms with Crippen LogP contribution in [0.4, 0.5) is 18.0 Å². The van der Waals surface area contributed by atoms with Gasteiger partial charge in [-0.15, -0.1) is 0 Å². The van der Waals surface area contributed by atoms with Gasteiger partial charge in [-0.05, 0) is 74.8 Å². The van der Waals surface area contributed by atoms with Gasteiger partial charge in [0.25, 0.3) is 0 Å². The number of carbonyl (C=O) groups is 3. The van der Waals surface area contributed by atoms with Crippen LogP contribution in [0.2, 0.25) is 0 Å². The fraction of sp³-hybridized carbons (Fsp3) is 0.531. The molecular formula is C32H40F3N3O6S. The summed E-state index contributed by atoms with van der Waals surface area (Å²) >= 11 is 1.54. The average molecular weight is 652 g/mol. The number of benzene rings is 2. The summed E-state index contributed by atoms with van der Waals surface area (Å²) in [5.74, 6) is -0.151. The number of likely N-dealkylation sites (tertiary alicyclic amines) is 1. The first-order valence-corrected chi connectivity index (χ1v) is 16.2. The minimum absolute atomic E-state index is 0.0774. The van der Waals surface area contributed by atoms with Crippen LogP contribution in [0.25, 0.3) is 0 Å². The zero-order valence-electron chi connectivity index (χ0n) is 25.7. The van der Waals surface area contributed by atoms with Crippen molar-refractivity contribution in [2.24, 2.45) is 5.73 Å². The van der Waals surface area contributed by atoms with Crippen molar-refractivity contribution in [2.45, 2.75) is 75.4 Å². The van der Waals surface area contributed by atoms with Crippen LogP contribution in [-0.4, -0.2) is 66.4 Å². The lowest BCUT2D eigenvalue weighted by Gasteiger charge is -2.52. The van der Waals surface area contributed by atoms with E-state index in [2.05, 4.69) is 5.32 Å². The van der Waals surface area contributed by atoms with Crippen molar-refractivity contribution >= 4 is 29.7 Å². The third-order valence-corrected chi connectivity index (χ3v) is 9.19. The van der Waals surface area contributed by atoms with E-state index in [-0.39, 0.29) is 19.1 Å². The van der Waals surface area contributed by atoms with Crippen molar-refractivity contribution in [3.8, 4) is 0 Å². The van der Waals surface area contributed by atoms with E-state index in [1.165, 1.54) is 16.7 Å². The van der Waals surface area contributed by atoms with Gasteiger partial charge in [0, 0.05) is 13.0 Å². The number of ether oxygens (including phenoxy) is 3. The fourth-order valence-corrected chi connectivity index (χ4v) is 6.46. The topological polar surface area (TPSA) is 120 Å². The Bertz CT molecular complexity index is 1360. The van der Waals surface area contributed by atoms with Crippen LogP contribution in [0.1, 0.15) is 67.4 Å². The van der Waals surface area contributed by atoms with Crippen molar-refractivity contribution in [1.29, 1.82) is 0 Å². The van der Waals surface area contributed by atoms with Crippen LogP contribution in [-0.2, 0) is 35.5 Å². The number of thioether (sulfide) groups is 1.